The first-order valence-electron chi connectivity index (χ1n) is 6.80. The van der Waals surface area contributed by atoms with Gasteiger partial charge in [-0.05, 0) is 7.05 Å². The van der Waals surface area contributed by atoms with Gasteiger partial charge in [-0.1, -0.05) is 0 Å². The molecule has 2 aromatic rings. The van der Waals surface area contributed by atoms with Crippen LogP contribution in [-0.2, 0) is 7.05 Å². The standard InChI is InChI=1S/C13H18N6O2/c1-17-3-5-19(6-4-17)16-11-9-8-15-18(2)12(9)14-7-10(11)13(20)21/h7-8H,3-6H2,1-2H3,(H,14,16)(H,20,21). The largest absolute Gasteiger partial charge is 0.478 e. The minimum atomic E-state index is -0.995. The van der Waals surface area contributed by atoms with E-state index < -0.39 is 5.97 Å². The molecule has 112 valence electrons. The Labute approximate surface area is 121 Å². The molecular weight excluding hydrogens is 272 g/mol. The summed E-state index contributed by atoms with van der Waals surface area (Å²) in [7, 11) is 3.86. The van der Waals surface area contributed by atoms with Crippen molar-refractivity contribution in [3.05, 3.63) is 18.0 Å². The molecule has 0 unspecified atom stereocenters. The van der Waals surface area contributed by atoms with Crippen LogP contribution in [-0.4, -0.2) is 69.0 Å². The number of likely N-dealkylation sites (N-methyl/N-ethyl adjacent to an activating group) is 1. The highest BCUT2D eigenvalue weighted by atomic mass is 16.4. The van der Waals surface area contributed by atoms with Crippen LogP contribution in [0.5, 0.6) is 0 Å². The number of pyridine rings is 1. The van der Waals surface area contributed by atoms with Crippen molar-refractivity contribution in [2.45, 2.75) is 0 Å². The summed E-state index contributed by atoms with van der Waals surface area (Å²) in [6.07, 6.45) is 3.03. The molecule has 2 N–H and O–H groups in total. The fraction of sp³-hybridized carbons (Fsp3) is 0.462. The van der Waals surface area contributed by atoms with E-state index in [1.807, 2.05) is 5.01 Å². The van der Waals surface area contributed by atoms with Gasteiger partial charge in [0.05, 0.1) is 17.3 Å². The van der Waals surface area contributed by atoms with Crippen molar-refractivity contribution in [3.63, 3.8) is 0 Å². The van der Waals surface area contributed by atoms with Crippen LogP contribution in [0.25, 0.3) is 11.0 Å². The topological polar surface area (TPSA) is 86.5 Å². The van der Waals surface area contributed by atoms with Crippen molar-refractivity contribution in [3.8, 4) is 0 Å². The minimum Gasteiger partial charge on any atom is -0.478 e. The summed E-state index contributed by atoms with van der Waals surface area (Å²) in [5.41, 5.74) is 4.63. The molecule has 2 aromatic heterocycles. The van der Waals surface area contributed by atoms with Crippen LogP contribution in [0.2, 0.25) is 0 Å². The average Bonchev–Trinajstić information content (AvgIpc) is 2.83. The van der Waals surface area contributed by atoms with Gasteiger partial charge in [0.2, 0.25) is 0 Å². The molecule has 0 radical (unpaired) electrons. The molecule has 0 spiro atoms. The van der Waals surface area contributed by atoms with E-state index in [0.717, 1.165) is 31.6 Å². The Morgan fingerprint density at radius 2 is 1.95 bits per heavy atom. The highest BCUT2D eigenvalue weighted by Gasteiger charge is 2.20. The monoisotopic (exact) mass is 290 g/mol. The van der Waals surface area contributed by atoms with Crippen LogP contribution >= 0.6 is 0 Å². The number of hydrogen-bond acceptors (Lipinski definition) is 6. The van der Waals surface area contributed by atoms with Crippen molar-refractivity contribution in [1.29, 1.82) is 0 Å². The van der Waals surface area contributed by atoms with Gasteiger partial charge in [0.15, 0.2) is 5.65 Å². The maximum atomic E-state index is 11.4. The van der Waals surface area contributed by atoms with Crippen LogP contribution in [0.1, 0.15) is 10.4 Å². The number of piperazine rings is 1. The Morgan fingerprint density at radius 3 is 2.62 bits per heavy atom. The third-order valence-electron chi connectivity index (χ3n) is 3.77. The van der Waals surface area contributed by atoms with E-state index in [1.165, 1.54) is 6.20 Å². The van der Waals surface area contributed by atoms with E-state index in [-0.39, 0.29) is 5.56 Å². The summed E-state index contributed by atoms with van der Waals surface area (Å²) >= 11 is 0. The second kappa shape index (κ2) is 5.30. The summed E-state index contributed by atoms with van der Waals surface area (Å²) in [4.78, 5) is 17.9. The highest BCUT2D eigenvalue weighted by Crippen LogP contribution is 2.26. The molecule has 0 aliphatic carbocycles. The second-order valence-corrected chi connectivity index (χ2v) is 5.26. The van der Waals surface area contributed by atoms with Gasteiger partial charge in [0.1, 0.15) is 5.56 Å². The van der Waals surface area contributed by atoms with E-state index in [2.05, 4.69) is 27.5 Å². The van der Waals surface area contributed by atoms with Crippen LogP contribution in [0, 0.1) is 0 Å². The van der Waals surface area contributed by atoms with Gasteiger partial charge < -0.3 is 15.4 Å². The number of rotatable bonds is 3. The third kappa shape index (κ3) is 2.55. The molecule has 8 nitrogen and oxygen atoms in total. The number of hydrogen-bond donors (Lipinski definition) is 2. The van der Waals surface area contributed by atoms with Crippen molar-refractivity contribution in [2.24, 2.45) is 7.05 Å². The quantitative estimate of drug-likeness (QED) is 0.837. The Hall–Kier alpha value is -2.19. The van der Waals surface area contributed by atoms with Crippen molar-refractivity contribution >= 4 is 22.7 Å². The number of fused-ring (bicyclic) bond motifs is 1. The van der Waals surface area contributed by atoms with Crippen molar-refractivity contribution in [2.75, 3.05) is 38.7 Å². The lowest BCUT2D eigenvalue weighted by atomic mass is 10.2. The van der Waals surface area contributed by atoms with E-state index in [4.69, 9.17) is 0 Å². The molecule has 0 saturated carbocycles. The van der Waals surface area contributed by atoms with E-state index in [9.17, 15) is 9.90 Å². The molecule has 21 heavy (non-hydrogen) atoms. The van der Waals surface area contributed by atoms with Gasteiger partial charge in [-0.3, -0.25) is 4.68 Å². The van der Waals surface area contributed by atoms with Crippen molar-refractivity contribution < 1.29 is 9.90 Å². The molecule has 1 fully saturated rings. The predicted molar refractivity (Wildman–Crippen MR) is 78.2 cm³/mol. The molecule has 1 aliphatic rings. The lowest BCUT2D eigenvalue weighted by molar-refractivity contribution is 0.0697. The fourth-order valence-corrected chi connectivity index (χ4v) is 2.45. The van der Waals surface area contributed by atoms with Gasteiger partial charge in [-0.2, -0.15) is 5.10 Å². The summed E-state index contributed by atoms with van der Waals surface area (Å²) < 4.78 is 1.64. The summed E-state index contributed by atoms with van der Waals surface area (Å²) in [5.74, 6) is -0.995. The first kappa shape index (κ1) is 13.8. The van der Waals surface area contributed by atoms with Crippen LogP contribution in [0.4, 0.5) is 5.69 Å². The number of aromatic nitrogens is 3. The highest BCUT2D eigenvalue weighted by molar-refractivity contribution is 6.03. The van der Waals surface area contributed by atoms with Crippen LogP contribution in [0.15, 0.2) is 12.4 Å². The van der Waals surface area contributed by atoms with E-state index in [1.54, 1.807) is 17.9 Å². The molecule has 1 saturated heterocycles. The second-order valence-electron chi connectivity index (χ2n) is 5.26. The van der Waals surface area contributed by atoms with Gasteiger partial charge >= 0.3 is 5.97 Å². The van der Waals surface area contributed by atoms with Gasteiger partial charge in [-0.15, -0.1) is 0 Å². The molecule has 3 rings (SSSR count). The van der Waals surface area contributed by atoms with Gasteiger partial charge in [-0.25, -0.2) is 14.8 Å². The van der Waals surface area contributed by atoms with Crippen molar-refractivity contribution in [1.82, 2.24) is 24.7 Å². The first-order valence-corrected chi connectivity index (χ1v) is 6.80. The van der Waals surface area contributed by atoms with E-state index in [0.29, 0.717) is 11.3 Å². The molecule has 0 atom stereocenters. The lowest BCUT2D eigenvalue weighted by Crippen LogP contribution is -2.47. The Morgan fingerprint density at radius 1 is 1.24 bits per heavy atom. The zero-order chi connectivity index (χ0) is 15.0. The summed E-state index contributed by atoms with van der Waals surface area (Å²) in [6.45, 7) is 3.55. The predicted octanol–water partition coefficient (Wildman–Crippen LogP) is 0.241. The first-order chi connectivity index (χ1) is 10.1. The molecule has 8 heteroatoms. The van der Waals surface area contributed by atoms with Crippen LogP contribution < -0.4 is 5.43 Å². The number of nitrogens with one attached hydrogen (secondary N) is 1. The fourth-order valence-electron chi connectivity index (χ4n) is 2.45. The molecule has 0 bridgehead atoms. The Kier molecular flexibility index (Phi) is 3.48. The summed E-state index contributed by atoms with van der Waals surface area (Å²) in [6, 6.07) is 0. The van der Waals surface area contributed by atoms with Gasteiger partial charge in [0.25, 0.3) is 0 Å². The average molecular weight is 290 g/mol. The molecule has 0 amide bonds. The number of carboxylic acids is 1. The Balaban J connectivity index is 1.98. The third-order valence-corrected chi connectivity index (χ3v) is 3.77. The lowest BCUT2D eigenvalue weighted by Gasteiger charge is -2.33. The maximum absolute atomic E-state index is 11.4. The normalized spacial score (nSPS) is 17.2. The molecule has 0 aromatic carbocycles. The molecule has 3 heterocycles. The minimum absolute atomic E-state index is 0.162. The van der Waals surface area contributed by atoms with Crippen LogP contribution in [0.3, 0.4) is 0 Å². The number of carboxylic acid groups (broad SMARTS) is 1. The maximum Gasteiger partial charge on any atom is 0.339 e. The number of aromatic carboxylic acids is 1. The smallest absolute Gasteiger partial charge is 0.339 e. The number of carbonyl (C=O) groups is 1. The Bertz CT molecular complexity index is 675. The number of aryl methyl sites for hydroxylation is 1. The SMILES string of the molecule is CN1CCN(Nc2c(C(=O)O)cnc3c2cnn3C)CC1. The zero-order valence-electron chi connectivity index (χ0n) is 12.1. The number of anilines is 1. The number of hydrazine groups is 1. The zero-order valence-corrected chi connectivity index (χ0v) is 12.1. The van der Waals surface area contributed by atoms with E-state index >= 15 is 0 Å². The van der Waals surface area contributed by atoms with Gasteiger partial charge in [0, 0.05) is 39.4 Å². The molecule has 1 aliphatic heterocycles. The molecular formula is C13H18N6O2. The number of nitrogens with zero attached hydrogens (tertiary/aromatic N) is 5. The summed E-state index contributed by atoms with van der Waals surface area (Å²) in [5, 5.41) is 16.3.